The summed E-state index contributed by atoms with van der Waals surface area (Å²) >= 11 is 1.00. The molecule has 0 aliphatic rings. The molecule has 0 radical (unpaired) electrons. The third-order valence-corrected chi connectivity index (χ3v) is 6.46. The first-order valence-electron chi connectivity index (χ1n) is 11.7. The highest BCUT2D eigenvalue weighted by Crippen LogP contribution is 2.15. The van der Waals surface area contributed by atoms with Crippen LogP contribution in [0.2, 0.25) is 0 Å². The topological polar surface area (TPSA) is 143 Å². The highest BCUT2D eigenvalue weighted by Gasteiger charge is 2.15. The first kappa shape index (κ1) is 27.9. The molecule has 0 spiro atoms. The molecule has 3 aromatic rings. The second kappa shape index (κ2) is 13.6. The standard InChI is InChI=1S/C27H27N7O3S/c1-3-34-26(37)23(38-27(34)22(15-29)25(36)30-13-12-28)16-31-20-10-7-11-21(14-20)32-24(35)18-33(2)17-19-8-5-4-6-9-19/h4-11,14,16,31H,3,13,17-18H2,1-2H3,(H,30,36)(H,32,35). The summed E-state index contributed by atoms with van der Waals surface area (Å²) < 4.78 is 1.84. The van der Waals surface area contributed by atoms with Crippen LogP contribution in [0.4, 0.5) is 11.4 Å². The Morgan fingerprint density at radius 3 is 2.53 bits per heavy atom. The lowest BCUT2D eigenvalue weighted by Gasteiger charge is -2.16. The number of carbonyl (C=O) groups excluding carboxylic acids is 2. The summed E-state index contributed by atoms with van der Waals surface area (Å²) in [5.74, 6) is -0.873. The molecule has 194 valence electrons. The molecular weight excluding hydrogens is 502 g/mol. The lowest BCUT2D eigenvalue weighted by atomic mass is 10.2. The van der Waals surface area contributed by atoms with Gasteiger partial charge in [0, 0.05) is 30.7 Å². The molecule has 0 aliphatic carbocycles. The highest BCUT2D eigenvalue weighted by atomic mass is 32.1. The van der Waals surface area contributed by atoms with Crippen molar-refractivity contribution in [1.29, 1.82) is 10.5 Å². The van der Waals surface area contributed by atoms with Gasteiger partial charge in [-0.25, -0.2) is 0 Å². The third-order valence-electron chi connectivity index (χ3n) is 5.33. The fraction of sp³-hybridized carbons (Fsp3) is 0.222. The van der Waals surface area contributed by atoms with E-state index in [1.807, 2.05) is 48.3 Å². The Balaban J connectivity index is 1.75. The average molecular weight is 530 g/mol. The van der Waals surface area contributed by atoms with Crippen molar-refractivity contribution in [3.8, 4) is 12.1 Å². The van der Waals surface area contributed by atoms with Crippen molar-refractivity contribution in [2.24, 2.45) is 0 Å². The molecule has 0 unspecified atom stereocenters. The maximum absolute atomic E-state index is 12.9. The van der Waals surface area contributed by atoms with Crippen molar-refractivity contribution in [2.45, 2.75) is 20.0 Å². The maximum atomic E-state index is 12.9. The van der Waals surface area contributed by atoms with Gasteiger partial charge in [0.25, 0.3) is 11.5 Å². The Labute approximate surface area is 223 Å². The molecule has 1 heterocycles. The highest BCUT2D eigenvalue weighted by molar-refractivity contribution is 7.07. The van der Waals surface area contributed by atoms with Gasteiger partial charge in [0.15, 0.2) is 5.57 Å². The zero-order valence-electron chi connectivity index (χ0n) is 21.0. The molecule has 0 aliphatic heterocycles. The fourth-order valence-corrected chi connectivity index (χ4v) is 4.72. The van der Waals surface area contributed by atoms with Crippen molar-refractivity contribution in [2.75, 3.05) is 30.8 Å². The van der Waals surface area contributed by atoms with E-state index in [4.69, 9.17) is 5.26 Å². The van der Waals surface area contributed by atoms with Crippen molar-refractivity contribution in [3.63, 3.8) is 0 Å². The van der Waals surface area contributed by atoms with Gasteiger partial charge in [-0.2, -0.15) is 10.5 Å². The molecule has 3 N–H and O–H groups in total. The van der Waals surface area contributed by atoms with Crippen LogP contribution in [-0.4, -0.2) is 41.4 Å². The summed E-state index contributed by atoms with van der Waals surface area (Å²) in [7, 11) is 1.88. The van der Waals surface area contributed by atoms with Crippen LogP contribution in [0, 0.1) is 22.7 Å². The summed E-state index contributed by atoms with van der Waals surface area (Å²) in [6.07, 6.45) is 1.50. The molecule has 11 heteroatoms. The van der Waals surface area contributed by atoms with E-state index < -0.39 is 5.91 Å². The van der Waals surface area contributed by atoms with E-state index in [0.717, 1.165) is 16.9 Å². The lowest BCUT2D eigenvalue weighted by Crippen LogP contribution is -2.34. The normalized spacial score (nSPS) is 11.9. The monoisotopic (exact) mass is 529 g/mol. The molecule has 1 aromatic heterocycles. The zero-order valence-corrected chi connectivity index (χ0v) is 21.8. The van der Waals surface area contributed by atoms with Gasteiger partial charge in [-0.1, -0.05) is 36.4 Å². The molecule has 0 saturated carbocycles. The van der Waals surface area contributed by atoms with Crippen LogP contribution < -0.4 is 30.7 Å². The van der Waals surface area contributed by atoms with Gasteiger partial charge < -0.3 is 16.0 Å². The molecule has 0 atom stereocenters. The van der Waals surface area contributed by atoms with Crippen LogP contribution in [0.3, 0.4) is 0 Å². The third kappa shape index (κ3) is 7.40. The van der Waals surface area contributed by atoms with Crippen LogP contribution in [0.15, 0.2) is 59.4 Å². The molecule has 38 heavy (non-hydrogen) atoms. The first-order chi connectivity index (χ1) is 18.4. The van der Waals surface area contributed by atoms with Crippen molar-refractivity contribution >= 4 is 46.3 Å². The Bertz CT molecular complexity index is 1560. The SMILES string of the molecule is CCn1c(=C(C#N)C(=O)NCC#N)sc(=CNc2cccc(NC(=O)CN(C)Cc3ccccc3)c2)c1=O. The number of hydrogen-bond acceptors (Lipinski definition) is 8. The van der Waals surface area contributed by atoms with Crippen LogP contribution in [0.1, 0.15) is 12.5 Å². The largest absolute Gasteiger partial charge is 0.360 e. The number of rotatable bonds is 10. The summed E-state index contributed by atoms with van der Waals surface area (Å²) in [6.45, 7) is 2.61. The smallest absolute Gasteiger partial charge is 0.270 e. The summed E-state index contributed by atoms with van der Waals surface area (Å²) in [5, 5.41) is 26.4. The minimum atomic E-state index is -0.713. The fourth-order valence-electron chi connectivity index (χ4n) is 3.63. The van der Waals surface area contributed by atoms with Crippen LogP contribution in [-0.2, 0) is 22.7 Å². The molecule has 10 nitrogen and oxygen atoms in total. The van der Waals surface area contributed by atoms with Gasteiger partial charge in [0.1, 0.15) is 21.8 Å². The molecule has 2 amide bonds. The average Bonchev–Trinajstić information content (AvgIpc) is 3.21. The molecule has 2 aromatic carbocycles. The second-order valence-corrected chi connectivity index (χ2v) is 9.25. The number of carbonyl (C=O) groups is 2. The number of amides is 2. The van der Waals surface area contributed by atoms with E-state index in [2.05, 4.69) is 16.0 Å². The number of nitrogens with zero attached hydrogens (tertiary/aromatic N) is 4. The van der Waals surface area contributed by atoms with Crippen LogP contribution >= 0.6 is 11.3 Å². The van der Waals surface area contributed by atoms with E-state index in [9.17, 15) is 19.6 Å². The Morgan fingerprint density at radius 1 is 1.11 bits per heavy atom. The van der Waals surface area contributed by atoms with Crippen LogP contribution in [0.5, 0.6) is 0 Å². The van der Waals surface area contributed by atoms with Crippen LogP contribution in [0.25, 0.3) is 11.8 Å². The zero-order chi connectivity index (χ0) is 27.5. The summed E-state index contributed by atoms with van der Waals surface area (Å²) in [6, 6.07) is 20.6. The molecular formula is C27H27N7O3S. The van der Waals surface area contributed by atoms with Gasteiger partial charge in [-0.3, -0.25) is 23.9 Å². The first-order valence-corrected chi connectivity index (χ1v) is 12.6. The van der Waals surface area contributed by atoms with Gasteiger partial charge >= 0.3 is 0 Å². The number of nitriles is 2. The summed E-state index contributed by atoms with van der Waals surface area (Å²) in [4.78, 5) is 39.6. The van der Waals surface area contributed by atoms with E-state index in [-0.39, 0.29) is 41.3 Å². The quantitative estimate of drug-likeness (QED) is 0.335. The Hall–Kier alpha value is -4.71. The predicted molar refractivity (Wildman–Crippen MR) is 147 cm³/mol. The number of hydrogen-bond donors (Lipinski definition) is 3. The minimum Gasteiger partial charge on any atom is -0.360 e. The number of benzene rings is 2. The number of anilines is 2. The van der Waals surface area contributed by atoms with E-state index in [1.54, 1.807) is 37.3 Å². The summed E-state index contributed by atoms with van der Waals surface area (Å²) in [5.41, 5.74) is 1.76. The maximum Gasteiger partial charge on any atom is 0.270 e. The molecule has 0 saturated heterocycles. The Morgan fingerprint density at radius 2 is 1.84 bits per heavy atom. The number of likely N-dealkylation sites (N-methyl/N-ethyl adjacent to an activating group) is 1. The van der Waals surface area contributed by atoms with E-state index in [0.29, 0.717) is 22.5 Å². The number of thiazole rings is 1. The van der Waals surface area contributed by atoms with Gasteiger partial charge in [0.2, 0.25) is 5.91 Å². The Kier molecular flexibility index (Phi) is 9.94. The van der Waals surface area contributed by atoms with Gasteiger partial charge in [0.05, 0.1) is 12.6 Å². The molecule has 0 bridgehead atoms. The van der Waals surface area contributed by atoms with E-state index >= 15 is 0 Å². The second-order valence-electron chi connectivity index (χ2n) is 8.22. The lowest BCUT2D eigenvalue weighted by molar-refractivity contribution is -0.117. The minimum absolute atomic E-state index is 0.160. The van der Waals surface area contributed by atoms with Crippen molar-refractivity contribution in [3.05, 3.63) is 79.7 Å². The van der Waals surface area contributed by atoms with Crippen molar-refractivity contribution in [1.82, 2.24) is 14.8 Å². The van der Waals surface area contributed by atoms with Crippen molar-refractivity contribution < 1.29 is 9.59 Å². The predicted octanol–water partition coefficient (Wildman–Crippen LogP) is 1.16. The number of aromatic nitrogens is 1. The van der Waals surface area contributed by atoms with E-state index in [1.165, 1.54) is 10.8 Å². The van der Waals surface area contributed by atoms with Gasteiger partial charge in [-0.05, 0) is 37.7 Å². The number of nitrogens with one attached hydrogen (secondary N) is 3. The molecule has 0 fully saturated rings. The molecule has 3 rings (SSSR count). The van der Waals surface area contributed by atoms with Gasteiger partial charge in [-0.15, -0.1) is 11.3 Å².